The van der Waals surface area contributed by atoms with Gasteiger partial charge in [-0.3, -0.25) is 9.59 Å². The monoisotopic (exact) mass is 331 g/mol. The molecule has 106 valence electrons. The Kier molecular flexibility index (Phi) is 5.17. The topological polar surface area (TPSA) is 59.8 Å². The minimum absolute atomic E-state index is 0.0803. The lowest BCUT2D eigenvalue weighted by atomic mass is 10.2. The molecule has 6 heteroatoms. The average molecular weight is 332 g/mol. The van der Waals surface area contributed by atoms with Crippen LogP contribution in [0.5, 0.6) is 0 Å². The van der Waals surface area contributed by atoms with Crippen molar-refractivity contribution in [2.75, 3.05) is 13.7 Å². The molecular weight excluding hydrogens is 314 g/mol. The van der Waals surface area contributed by atoms with Gasteiger partial charge in [0.2, 0.25) is 0 Å². The summed E-state index contributed by atoms with van der Waals surface area (Å²) in [6.45, 7) is 7.10. The first kappa shape index (κ1) is 15.8. The van der Waals surface area contributed by atoms with E-state index in [4.69, 9.17) is 4.42 Å². The van der Waals surface area contributed by atoms with Crippen LogP contribution >= 0.6 is 15.9 Å². The minimum atomic E-state index is -0.448. The first-order valence-electron chi connectivity index (χ1n) is 5.92. The van der Waals surface area contributed by atoms with E-state index in [-0.39, 0.29) is 18.5 Å². The normalized spacial score (nSPS) is 10.7. The third-order valence-electron chi connectivity index (χ3n) is 2.81. The van der Waals surface area contributed by atoms with Crippen LogP contribution in [0.25, 0.3) is 0 Å². The molecule has 19 heavy (non-hydrogen) atoms. The second kappa shape index (κ2) is 6.23. The molecule has 0 radical (unpaired) electrons. The van der Waals surface area contributed by atoms with Crippen LogP contribution < -0.4 is 0 Å². The third kappa shape index (κ3) is 3.37. The van der Waals surface area contributed by atoms with Crippen molar-refractivity contribution < 1.29 is 18.7 Å². The molecule has 0 saturated heterocycles. The van der Waals surface area contributed by atoms with Crippen LogP contribution in [0.1, 0.15) is 35.7 Å². The summed E-state index contributed by atoms with van der Waals surface area (Å²) in [6.07, 6.45) is 0. The molecule has 0 aliphatic carbocycles. The quantitative estimate of drug-likeness (QED) is 0.796. The second-order valence-corrected chi connectivity index (χ2v) is 5.30. The number of aryl methyl sites for hydroxylation is 2. The van der Waals surface area contributed by atoms with E-state index in [0.29, 0.717) is 21.6 Å². The van der Waals surface area contributed by atoms with Gasteiger partial charge in [-0.15, -0.1) is 0 Å². The van der Waals surface area contributed by atoms with Crippen LogP contribution in [0, 0.1) is 13.8 Å². The zero-order chi connectivity index (χ0) is 14.7. The number of methoxy groups -OCH3 is 1. The van der Waals surface area contributed by atoms with Crippen molar-refractivity contribution in [3.63, 3.8) is 0 Å². The van der Waals surface area contributed by atoms with Crippen LogP contribution in [0.15, 0.2) is 8.89 Å². The smallest absolute Gasteiger partial charge is 0.325 e. The Hall–Kier alpha value is -1.30. The SMILES string of the molecule is COC(=O)CN(C(=O)c1c(C)oc(C)c1Br)C(C)C. The fourth-order valence-electron chi connectivity index (χ4n) is 1.74. The van der Waals surface area contributed by atoms with Crippen molar-refractivity contribution in [2.24, 2.45) is 0 Å². The number of furan rings is 1. The van der Waals surface area contributed by atoms with E-state index in [0.717, 1.165) is 0 Å². The van der Waals surface area contributed by atoms with E-state index >= 15 is 0 Å². The summed E-state index contributed by atoms with van der Waals surface area (Å²) in [5, 5.41) is 0. The van der Waals surface area contributed by atoms with Gasteiger partial charge in [0.15, 0.2) is 0 Å². The maximum absolute atomic E-state index is 12.5. The Balaban J connectivity index is 3.09. The number of esters is 1. The molecule has 0 aromatic carbocycles. The predicted octanol–water partition coefficient (Wildman–Crippen LogP) is 2.68. The van der Waals surface area contributed by atoms with E-state index < -0.39 is 5.97 Å². The Morgan fingerprint density at radius 1 is 1.32 bits per heavy atom. The summed E-state index contributed by atoms with van der Waals surface area (Å²) >= 11 is 3.34. The number of ether oxygens (including phenoxy) is 1. The van der Waals surface area contributed by atoms with Gasteiger partial charge in [0.1, 0.15) is 18.1 Å². The van der Waals surface area contributed by atoms with Gasteiger partial charge in [-0.1, -0.05) is 0 Å². The zero-order valence-electron chi connectivity index (χ0n) is 11.7. The van der Waals surface area contributed by atoms with Crippen molar-refractivity contribution >= 4 is 27.8 Å². The molecule has 1 aromatic heterocycles. The summed E-state index contributed by atoms with van der Waals surface area (Å²) < 4.78 is 10.7. The van der Waals surface area contributed by atoms with Crippen LogP contribution in [0.4, 0.5) is 0 Å². The van der Waals surface area contributed by atoms with Gasteiger partial charge < -0.3 is 14.1 Å². The van der Waals surface area contributed by atoms with Gasteiger partial charge in [-0.25, -0.2) is 0 Å². The molecule has 0 atom stereocenters. The minimum Gasteiger partial charge on any atom is -0.468 e. The van der Waals surface area contributed by atoms with Gasteiger partial charge in [0, 0.05) is 6.04 Å². The van der Waals surface area contributed by atoms with Crippen LogP contribution in [-0.4, -0.2) is 36.5 Å². The molecule has 1 heterocycles. The molecule has 1 rings (SSSR count). The largest absolute Gasteiger partial charge is 0.468 e. The molecule has 0 spiro atoms. The van der Waals surface area contributed by atoms with Crippen LogP contribution in [-0.2, 0) is 9.53 Å². The van der Waals surface area contributed by atoms with Crippen molar-refractivity contribution in [3.8, 4) is 0 Å². The number of carbonyl (C=O) groups is 2. The number of amides is 1. The van der Waals surface area contributed by atoms with E-state index in [1.807, 2.05) is 13.8 Å². The lowest BCUT2D eigenvalue weighted by molar-refractivity contribution is -0.141. The van der Waals surface area contributed by atoms with Gasteiger partial charge in [0.25, 0.3) is 5.91 Å². The Labute approximate surface area is 121 Å². The highest BCUT2D eigenvalue weighted by molar-refractivity contribution is 9.10. The number of hydrogen-bond donors (Lipinski definition) is 0. The number of halogens is 1. The maximum atomic E-state index is 12.5. The molecule has 0 bridgehead atoms. The highest BCUT2D eigenvalue weighted by atomic mass is 79.9. The van der Waals surface area contributed by atoms with E-state index in [1.165, 1.54) is 12.0 Å². The standard InChI is InChI=1S/C13H18BrNO4/c1-7(2)15(6-10(16)18-5)13(17)11-8(3)19-9(4)12(11)14/h7H,6H2,1-5H3. The predicted molar refractivity (Wildman–Crippen MR) is 74.1 cm³/mol. The number of nitrogens with zero attached hydrogens (tertiary/aromatic N) is 1. The number of rotatable bonds is 4. The van der Waals surface area contributed by atoms with Gasteiger partial charge in [-0.2, -0.15) is 0 Å². The summed E-state index contributed by atoms with van der Waals surface area (Å²) in [4.78, 5) is 25.4. The van der Waals surface area contributed by atoms with Crippen molar-refractivity contribution in [2.45, 2.75) is 33.7 Å². The second-order valence-electron chi connectivity index (χ2n) is 4.51. The summed E-state index contributed by atoms with van der Waals surface area (Å²) in [6, 6.07) is -0.117. The zero-order valence-corrected chi connectivity index (χ0v) is 13.3. The molecule has 0 unspecified atom stereocenters. The molecular formula is C13H18BrNO4. The molecule has 0 N–H and O–H groups in total. The summed E-state index contributed by atoms with van der Waals surface area (Å²) in [7, 11) is 1.30. The average Bonchev–Trinajstić information content (AvgIpc) is 2.58. The first-order chi connectivity index (χ1) is 8.79. The van der Waals surface area contributed by atoms with Gasteiger partial charge in [-0.05, 0) is 43.6 Å². The number of hydrogen-bond acceptors (Lipinski definition) is 4. The maximum Gasteiger partial charge on any atom is 0.325 e. The Bertz CT molecular complexity index is 493. The Morgan fingerprint density at radius 3 is 2.26 bits per heavy atom. The molecule has 1 amide bonds. The molecule has 0 fully saturated rings. The molecule has 5 nitrogen and oxygen atoms in total. The van der Waals surface area contributed by atoms with Gasteiger partial charge in [0.05, 0.1) is 17.1 Å². The van der Waals surface area contributed by atoms with Crippen molar-refractivity contribution in [3.05, 3.63) is 21.6 Å². The fraction of sp³-hybridized carbons (Fsp3) is 0.538. The van der Waals surface area contributed by atoms with E-state index in [2.05, 4.69) is 20.7 Å². The Morgan fingerprint density at radius 2 is 1.89 bits per heavy atom. The number of carbonyl (C=O) groups excluding carboxylic acids is 2. The van der Waals surface area contributed by atoms with Crippen molar-refractivity contribution in [1.29, 1.82) is 0 Å². The molecule has 0 saturated carbocycles. The third-order valence-corrected chi connectivity index (χ3v) is 3.77. The first-order valence-corrected chi connectivity index (χ1v) is 6.72. The van der Waals surface area contributed by atoms with Crippen LogP contribution in [0.2, 0.25) is 0 Å². The molecule has 0 aliphatic heterocycles. The molecule has 1 aromatic rings. The highest BCUT2D eigenvalue weighted by Gasteiger charge is 2.27. The van der Waals surface area contributed by atoms with E-state index in [9.17, 15) is 9.59 Å². The summed E-state index contributed by atoms with van der Waals surface area (Å²) in [5.41, 5.74) is 0.454. The lowest BCUT2D eigenvalue weighted by Crippen LogP contribution is -2.41. The highest BCUT2D eigenvalue weighted by Crippen LogP contribution is 2.28. The van der Waals surface area contributed by atoms with Crippen molar-refractivity contribution in [1.82, 2.24) is 4.90 Å². The summed E-state index contributed by atoms with van der Waals surface area (Å²) in [5.74, 6) is 0.477. The van der Waals surface area contributed by atoms with Gasteiger partial charge >= 0.3 is 5.97 Å². The van der Waals surface area contributed by atoms with E-state index in [1.54, 1.807) is 13.8 Å². The van der Waals surface area contributed by atoms with Crippen LogP contribution in [0.3, 0.4) is 0 Å². The lowest BCUT2D eigenvalue weighted by Gasteiger charge is -2.25. The molecule has 0 aliphatic rings. The fourth-order valence-corrected chi connectivity index (χ4v) is 2.27.